The van der Waals surface area contributed by atoms with Gasteiger partial charge in [0.25, 0.3) is 0 Å². The average Bonchev–Trinajstić information content (AvgIpc) is 2.34. The summed E-state index contributed by atoms with van der Waals surface area (Å²) in [4.78, 5) is 0. The average molecular weight is 329 g/mol. The van der Waals surface area contributed by atoms with Gasteiger partial charge in [0.2, 0.25) is 10.0 Å². The third-order valence-corrected chi connectivity index (χ3v) is 10.2. The van der Waals surface area contributed by atoms with Crippen molar-refractivity contribution >= 4 is 18.1 Å². The van der Waals surface area contributed by atoms with Crippen LogP contribution in [0.5, 0.6) is 0 Å². The van der Waals surface area contributed by atoms with E-state index in [1.54, 1.807) is 0 Å². The molecule has 0 aromatic heterocycles. The molecular weight excluding hydrogens is 300 g/mol. The lowest BCUT2D eigenvalue weighted by Gasteiger charge is -2.31. The Morgan fingerprint density at radius 3 is 2.24 bits per heavy atom. The highest BCUT2D eigenvalue weighted by atomic mass is 32.2. The summed E-state index contributed by atoms with van der Waals surface area (Å²) < 4.78 is 25.6. The topological polar surface area (TPSA) is 63.4 Å². The van der Waals surface area contributed by atoms with E-state index in [0.717, 1.165) is 0 Å². The van der Waals surface area contributed by atoms with Crippen molar-refractivity contribution in [1.29, 1.82) is 0 Å². The molecule has 4 nitrogen and oxygen atoms in total. The van der Waals surface area contributed by atoms with E-state index in [1.165, 1.54) is 4.31 Å². The van der Waals surface area contributed by atoms with Gasteiger partial charge in [0.05, 0.1) is 18.8 Å². The Morgan fingerprint density at radius 1 is 1.24 bits per heavy atom. The molecule has 0 aromatic rings. The Kier molecular flexibility index (Phi) is 7.70. The van der Waals surface area contributed by atoms with Gasteiger partial charge >= 0.3 is 0 Å². The lowest BCUT2D eigenvalue weighted by molar-refractivity contribution is 0.481. The number of nitrogens with two attached hydrogens (primary N) is 1. The van der Waals surface area contributed by atoms with Gasteiger partial charge in [-0.1, -0.05) is 45.7 Å². The molecule has 120 valence electrons. The molecule has 0 rings (SSSR count). The van der Waals surface area contributed by atoms with E-state index in [-0.39, 0.29) is 23.9 Å². The van der Waals surface area contributed by atoms with Crippen molar-refractivity contribution in [3.05, 3.63) is 0 Å². The van der Waals surface area contributed by atoms with E-state index in [2.05, 4.69) is 51.2 Å². The number of terminal acetylenes is 1. The molecule has 0 aromatic carbocycles. The predicted octanol–water partition coefficient (Wildman–Crippen LogP) is 1.65. The largest absolute Gasteiger partial charge is 0.330 e. The summed E-state index contributed by atoms with van der Waals surface area (Å²) in [6.07, 6.45) is 5.69. The third-order valence-electron chi connectivity index (χ3n) is 3.80. The lowest BCUT2D eigenvalue weighted by atomic mass is 10.2. The van der Waals surface area contributed by atoms with E-state index in [1.807, 2.05) is 0 Å². The van der Waals surface area contributed by atoms with Crippen molar-refractivity contribution in [2.45, 2.75) is 45.3 Å². The monoisotopic (exact) mass is 328 g/mol. The minimum atomic E-state index is -3.38. The van der Waals surface area contributed by atoms with Crippen LogP contribution in [-0.4, -0.2) is 46.2 Å². The van der Waals surface area contributed by atoms with Gasteiger partial charge in [-0.3, -0.25) is 0 Å². The quantitative estimate of drug-likeness (QED) is 0.596. The first-order chi connectivity index (χ1) is 9.48. The highest BCUT2D eigenvalue weighted by Gasteiger charge is 2.33. The highest BCUT2D eigenvalue weighted by molar-refractivity contribution is 7.89. The lowest BCUT2D eigenvalue weighted by Crippen LogP contribution is -2.37. The summed E-state index contributed by atoms with van der Waals surface area (Å²) in [7, 11) is -5.11. The van der Waals surface area contributed by atoms with Crippen LogP contribution in [0.4, 0.5) is 0 Å². The zero-order valence-corrected chi connectivity index (χ0v) is 15.7. The van der Waals surface area contributed by atoms with E-state index in [0.29, 0.717) is 13.0 Å². The molecule has 6 heteroatoms. The van der Waals surface area contributed by atoms with Crippen molar-refractivity contribution < 1.29 is 8.42 Å². The minimum Gasteiger partial charge on any atom is -0.330 e. The van der Waals surface area contributed by atoms with Gasteiger partial charge in [0.1, 0.15) is 8.07 Å². The Hall–Kier alpha value is -0.793. The number of nitrogens with zero attached hydrogens (tertiary/aromatic N) is 1. The zero-order chi connectivity index (χ0) is 16.7. The molecule has 0 aliphatic carbocycles. The van der Waals surface area contributed by atoms with Crippen molar-refractivity contribution in [3.8, 4) is 23.8 Å². The van der Waals surface area contributed by atoms with Crippen LogP contribution in [0, 0.1) is 23.8 Å². The minimum absolute atomic E-state index is 0.0208. The highest BCUT2D eigenvalue weighted by Crippen LogP contribution is 2.35. The smallest absolute Gasteiger partial charge is 0.215 e. The van der Waals surface area contributed by atoms with Crippen LogP contribution in [0.15, 0.2) is 0 Å². The summed E-state index contributed by atoms with van der Waals surface area (Å²) >= 11 is 0. The number of rotatable bonds is 6. The second-order valence-electron chi connectivity index (χ2n) is 6.61. The number of sulfonamides is 1. The van der Waals surface area contributed by atoms with E-state index < -0.39 is 18.1 Å². The summed E-state index contributed by atoms with van der Waals surface area (Å²) in [5, 5.41) is 0.148. The van der Waals surface area contributed by atoms with Crippen LogP contribution in [-0.2, 0) is 10.0 Å². The SMILES string of the molecule is C#CCN(CC#C[Si](C)(C)C(C)(C)C)S(=O)(=O)CCCN. The van der Waals surface area contributed by atoms with E-state index in [9.17, 15) is 8.42 Å². The summed E-state index contributed by atoms with van der Waals surface area (Å²) in [5.74, 6) is 5.44. The van der Waals surface area contributed by atoms with Crippen LogP contribution in [0.1, 0.15) is 27.2 Å². The summed E-state index contributed by atoms with van der Waals surface area (Å²) in [6.45, 7) is 11.5. The van der Waals surface area contributed by atoms with Crippen LogP contribution in [0.3, 0.4) is 0 Å². The van der Waals surface area contributed by atoms with Gasteiger partial charge < -0.3 is 5.73 Å². The molecule has 0 atom stereocenters. The Balaban J connectivity index is 5.04. The summed E-state index contributed by atoms with van der Waals surface area (Å²) in [5.41, 5.74) is 8.67. The predicted molar refractivity (Wildman–Crippen MR) is 92.8 cm³/mol. The van der Waals surface area contributed by atoms with Crippen molar-refractivity contribution in [2.24, 2.45) is 5.73 Å². The zero-order valence-electron chi connectivity index (χ0n) is 13.9. The van der Waals surface area contributed by atoms with Crippen LogP contribution >= 0.6 is 0 Å². The fourth-order valence-corrected chi connectivity index (χ4v) is 3.50. The molecular formula is C15H28N2O2SSi. The van der Waals surface area contributed by atoms with Gasteiger partial charge in [-0.05, 0) is 18.0 Å². The summed E-state index contributed by atoms with van der Waals surface area (Å²) in [6, 6.07) is 0. The Bertz CT molecular complexity index is 531. The van der Waals surface area contributed by atoms with E-state index in [4.69, 9.17) is 12.2 Å². The maximum absolute atomic E-state index is 12.2. The molecule has 0 aliphatic heterocycles. The first-order valence-corrected chi connectivity index (χ1v) is 11.7. The van der Waals surface area contributed by atoms with Gasteiger partial charge in [0, 0.05) is 0 Å². The Labute approximate surface area is 131 Å². The number of hydrogen-bond donors (Lipinski definition) is 1. The fraction of sp³-hybridized carbons (Fsp3) is 0.733. The maximum Gasteiger partial charge on any atom is 0.215 e. The molecule has 0 fully saturated rings. The maximum atomic E-state index is 12.2. The molecule has 0 amide bonds. The third kappa shape index (κ3) is 6.67. The van der Waals surface area contributed by atoms with E-state index >= 15 is 0 Å². The van der Waals surface area contributed by atoms with Crippen molar-refractivity contribution in [3.63, 3.8) is 0 Å². The molecule has 0 heterocycles. The molecule has 0 aliphatic rings. The molecule has 0 bridgehead atoms. The van der Waals surface area contributed by atoms with Crippen molar-refractivity contribution in [1.82, 2.24) is 4.31 Å². The first kappa shape index (κ1) is 20.2. The van der Waals surface area contributed by atoms with Gasteiger partial charge in [0.15, 0.2) is 0 Å². The van der Waals surface area contributed by atoms with Crippen LogP contribution < -0.4 is 5.73 Å². The molecule has 0 saturated heterocycles. The second kappa shape index (κ2) is 8.00. The normalized spacial score (nSPS) is 12.7. The molecule has 0 saturated carbocycles. The van der Waals surface area contributed by atoms with Gasteiger partial charge in [-0.15, -0.1) is 12.0 Å². The van der Waals surface area contributed by atoms with Crippen LogP contribution in [0.2, 0.25) is 18.1 Å². The molecule has 0 radical (unpaired) electrons. The first-order valence-electron chi connectivity index (χ1n) is 7.09. The molecule has 21 heavy (non-hydrogen) atoms. The van der Waals surface area contributed by atoms with Crippen molar-refractivity contribution in [2.75, 3.05) is 25.4 Å². The fourth-order valence-electron chi connectivity index (χ4n) is 1.29. The standard InChI is InChI=1S/C15H28N2O2SSi/c1-7-11-17(20(18,19)13-8-10-16)12-9-14-21(5,6)15(2,3)4/h1H,8,10-13,16H2,2-6H3. The molecule has 0 unspecified atom stereocenters. The number of hydrogen-bond acceptors (Lipinski definition) is 3. The van der Waals surface area contributed by atoms with Gasteiger partial charge in [-0.25, -0.2) is 8.42 Å². The Morgan fingerprint density at radius 2 is 1.81 bits per heavy atom. The molecule has 0 spiro atoms. The second-order valence-corrected chi connectivity index (χ2v) is 13.7. The van der Waals surface area contributed by atoms with Gasteiger partial charge in [-0.2, -0.15) is 4.31 Å². The van der Waals surface area contributed by atoms with Crippen LogP contribution in [0.25, 0.3) is 0 Å². The molecule has 2 N–H and O–H groups in total.